The topological polar surface area (TPSA) is 12.0 Å². The molecule has 2 aromatic carbocycles. The molecule has 0 saturated carbocycles. The number of benzene rings is 2. The van der Waals surface area contributed by atoms with Crippen molar-refractivity contribution in [1.29, 1.82) is 0 Å². The van der Waals surface area contributed by atoms with Gasteiger partial charge in [0.15, 0.2) is 0 Å². The van der Waals surface area contributed by atoms with Gasteiger partial charge in [0.1, 0.15) is 5.82 Å². The van der Waals surface area contributed by atoms with Crippen LogP contribution < -0.4 is 5.32 Å². The Kier molecular flexibility index (Phi) is 4.33. The largest absolute Gasteiger partial charge is 0.378 e. The molecule has 1 nitrogen and oxygen atoms in total. The first-order chi connectivity index (χ1) is 8.97. The van der Waals surface area contributed by atoms with Gasteiger partial charge in [0.2, 0.25) is 0 Å². The molecule has 1 unspecified atom stereocenters. The van der Waals surface area contributed by atoms with Crippen molar-refractivity contribution in [2.75, 3.05) is 5.32 Å². The van der Waals surface area contributed by atoms with E-state index in [4.69, 9.17) is 23.2 Å². The van der Waals surface area contributed by atoms with Crippen LogP contribution in [0.3, 0.4) is 0 Å². The number of halogens is 3. The Morgan fingerprint density at radius 3 is 2.42 bits per heavy atom. The summed E-state index contributed by atoms with van der Waals surface area (Å²) in [6.45, 7) is 3.90. The fraction of sp³-hybridized carbons (Fsp3) is 0.200. The van der Waals surface area contributed by atoms with E-state index in [-0.39, 0.29) is 11.1 Å². The third-order valence-electron chi connectivity index (χ3n) is 3.00. The summed E-state index contributed by atoms with van der Waals surface area (Å²) in [6, 6.07) is 10.5. The Bertz CT molecular complexity index is 599. The van der Waals surface area contributed by atoms with Gasteiger partial charge < -0.3 is 5.32 Å². The van der Waals surface area contributed by atoms with Gasteiger partial charge in [0, 0.05) is 16.8 Å². The highest BCUT2D eigenvalue weighted by atomic mass is 35.5. The lowest BCUT2D eigenvalue weighted by atomic mass is 10.1. The van der Waals surface area contributed by atoms with E-state index in [1.807, 2.05) is 32.0 Å². The zero-order chi connectivity index (χ0) is 14.0. The Balaban J connectivity index is 2.17. The molecule has 0 saturated heterocycles. The molecule has 2 rings (SSSR count). The van der Waals surface area contributed by atoms with E-state index >= 15 is 0 Å². The number of hydrogen-bond acceptors (Lipinski definition) is 1. The van der Waals surface area contributed by atoms with Crippen LogP contribution in [0.25, 0.3) is 0 Å². The third-order valence-corrected chi connectivity index (χ3v) is 3.71. The van der Waals surface area contributed by atoms with Gasteiger partial charge in [-0.2, -0.15) is 0 Å². The van der Waals surface area contributed by atoms with Gasteiger partial charge in [-0.05, 0) is 49.2 Å². The molecule has 0 fully saturated rings. The highest BCUT2D eigenvalue weighted by molar-refractivity contribution is 6.31. The summed E-state index contributed by atoms with van der Waals surface area (Å²) in [4.78, 5) is 0. The molecule has 0 radical (unpaired) electrons. The minimum Gasteiger partial charge on any atom is -0.378 e. The van der Waals surface area contributed by atoms with E-state index in [0.717, 1.165) is 16.8 Å². The summed E-state index contributed by atoms with van der Waals surface area (Å²) < 4.78 is 13.4. The second-order valence-corrected chi connectivity index (χ2v) is 5.32. The minimum absolute atomic E-state index is 0.0365. The maximum absolute atomic E-state index is 13.4. The second-order valence-electron chi connectivity index (χ2n) is 4.50. The lowest BCUT2D eigenvalue weighted by molar-refractivity contribution is 0.624. The molecular formula is C15H14Cl2FN. The summed E-state index contributed by atoms with van der Waals surface area (Å²) in [5.74, 6) is -0.408. The van der Waals surface area contributed by atoms with E-state index in [1.165, 1.54) is 6.07 Å². The Labute approximate surface area is 122 Å². The third kappa shape index (κ3) is 3.40. The zero-order valence-electron chi connectivity index (χ0n) is 10.7. The molecule has 0 aliphatic rings. The average molecular weight is 298 g/mol. The van der Waals surface area contributed by atoms with Crippen LogP contribution >= 0.6 is 23.2 Å². The summed E-state index contributed by atoms with van der Waals surface area (Å²) >= 11 is 11.7. The molecule has 100 valence electrons. The van der Waals surface area contributed by atoms with Gasteiger partial charge in [-0.15, -0.1) is 0 Å². The molecule has 0 amide bonds. The number of rotatable bonds is 3. The van der Waals surface area contributed by atoms with Crippen LogP contribution in [0.5, 0.6) is 0 Å². The SMILES string of the molecule is Cc1ccc(NC(C)c2ccc(Cl)c(F)c2)cc1Cl. The molecule has 0 aliphatic carbocycles. The molecule has 2 aromatic rings. The van der Waals surface area contributed by atoms with Crippen LogP contribution in [0.1, 0.15) is 24.1 Å². The molecular weight excluding hydrogens is 284 g/mol. The van der Waals surface area contributed by atoms with Crippen LogP contribution in [0.2, 0.25) is 10.0 Å². The molecule has 4 heteroatoms. The summed E-state index contributed by atoms with van der Waals surface area (Å²) in [5, 5.41) is 4.12. The molecule has 0 spiro atoms. The van der Waals surface area contributed by atoms with Crippen molar-refractivity contribution in [3.05, 3.63) is 63.4 Å². The van der Waals surface area contributed by atoms with E-state index in [9.17, 15) is 4.39 Å². The van der Waals surface area contributed by atoms with Crippen molar-refractivity contribution in [1.82, 2.24) is 0 Å². The summed E-state index contributed by atoms with van der Waals surface area (Å²) in [6.07, 6.45) is 0. The van der Waals surface area contributed by atoms with E-state index in [0.29, 0.717) is 5.02 Å². The second kappa shape index (κ2) is 5.81. The molecule has 0 bridgehead atoms. The van der Waals surface area contributed by atoms with Gasteiger partial charge in [0.25, 0.3) is 0 Å². The van der Waals surface area contributed by atoms with Crippen molar-refractivity contribution in [2.24, 2.45) is 0 Å². The molecule has 0 aliphatic heterocycles. The summed E-state index contributed by atoms with van der Waals surface area (Å²) in [7, 11) is 0. The maximum atomic E-state index is 13.4. The fourth-order valence-electron chi connectivity index (χ4n) is 1.80. The van der Waals surface area contributed by atoms with Crippen molar-refractivity contribution >= 4 is 28.9 Å². The average Bonchev–Trinajstić information content (AvgIpc) is 2.37. The quantitative estimate of drug-likeness (QED) is 0.776. The predicted molar refractivity (Wildman–Crippen MR) is 79.6 cm³/mol. The van der Waals surface area contributed by atoms with Gasteiger partial charge in [0.05, 0.1) is 5.02 Å². The predicted octanol–water partition coefficient (Wildman–Crippen LogP) is 5.61. The first-order valence-corrected chi connectivity index (χ1v) is 6.70. The van der Waals surface area contributed by atoms with Crippen LogP contribution in [-0.4, -0.2) is 0 Å². The van der Waals surface area contributed by atoms with Crippen molar-refractivity contribution in [3.63, 3.8) is 0 Å². The number of hydrogen-bond donors (Lipinski definition) is 1. The molecule has 1 N–H and O–H groups in total. The standard InChI is InChI=1S/C15H14Cl2FN/c1-9-3-5-12(8-14(9)17)19-10(2)11-4-6-13(16)15(18)7-11/h3-8,10,19H,1-2H3. The smallest absolute Gasteiger partial charge is 0.142 e. The first-order valence-electron chi connectivity index (χ1n) is 5.95. The maximum Gasteiger partial charge on any atom is 0.142 e. The Hall–Kier alpha value is -1.25. The monoisotopic (exact) mass is 297 g/mol. The minimum atomic E-state index is -0.408. The lowest BCUT2D eigenvalue weighted by Gasteiger charge is -2.16. The van der Waals surface area contributed by atoms with Gasteiger partial charge in [-0.3, -0.25) is 0 Å². The van der Waals surface area contributed by atoms with Crippen LogP contribution in [0.4, 0.5) is 10.1 Å². The van der Waals surface area contributed by atoms with Crippen molar-refractivity contribution in [3.8, 4) is 0 Å². The van der Waals surface area contributed by atoms with Crippen molar-refractivity contribution < 1.29 is 4.39 Å². The van der Waals surface area contributed by atoms with Gasteiger partial charge >= 0.3 is 0 Å². The van der Waals surface area contributed by atoms with Crippen LogP contribution in [-0.2, 0) is 0 Å². The van der Waals surface area contributed by atoms with E-state index < -0.39 is 5.82 Å². The molecule has 1 atom stereocenters. The number of anilines is 1. The highest BCUT2D eigenvalue weighted by Crippen LogP contribution is 2.25. The van der Waals surface area contributed by atoms with Crippen molar-refractivity contribution in [2.45, 2.75) is 19.9 Å². The number of aryl methyl sites for hydroxylation is 1. The number of nitrogens with one attached hydrogen (secondary N) is 1. The Morgan fingerprint density at radius 1 is 1.05 bits per heavy atom. The van der Waals surface area contributed by atoms with Gasteiger partial charge in [-0.25, -0.2) is 4.39 Å². The van der Waals surface area contributed by atoms with E-state index in [1.54, 1.807) is 12.1 Å². The van der Waals surface area contributed by atoms with E-state index in [2.05, 4.69) is 5.32 Å². The first kappa shape index (κ1) is 14.2. The lowest BCUT2D eigenvalue weighted by Crippen LogP contribution is -2.07. The molecule has 0 aromatic heterocycles. The van der Waals surface area contributed by atoms with Gasteiger partial charge in [-0.1, -0.05) is 35.3 Å². The zero-order valence-corrected chi connectivity index (χ0v) is 12.2. The Morgan fingerprint density at radius 2 is 1.79 bits per heavy atom. The highest BCUT2D eigenvalue weighted by Gasteiger charge is 2.09. The fourth-order valence-corrected chi connectivity index (χ4v) is 2.10. The molecule has 19 heavy (non-hydrogen) atoms. The van der Waals surface area contributed by atoms with Crippen LogP contribution in [0.15, 0.2) is 36.4 Å². The normalized spacial score (nSPS) is 12.3. The van der Waals surface area contributed by atoms with Crippen LogP contribution in [0, 0.1) is 12.7 Å². The molecule has 0 heterocycles. The summed E-state index contributed by atoms with van der Waals surface area (Å²) in [5.41, 5.74) is 2.76.